The molecular formula is C10H20N2O4. The van der Waals surface area contributed by atoms with Gasteiger partial charge < -0.3 is 20.1 Å². The Morgan fingerprint density at radius 3 is 2.62 bits per heavy atom. The average Bonchev–Trinajstić information content (AvgIpc) is 2.21. The number of aliphatic carboxylic acids is 1. The maximum Gasteiger partial charge on any atom is 0.323 e. The number of rotatable bonds is 8. The van der Waals surface area contributed by atoms with E-state index in [0.717, 1.165) is 24.3 Å². The number of hydrogen-bond donors (Lipinski definition) is 2. The summed E-state index contributed by atoms with van der Waals surface area (Å²) in [6.07, 6.45) is 1.71. The van der Waals surface area contributed by atoms with E-state index in [4.69, 9.17) is 9.84 Å². The summed E-state index contributed by atoms with van der Waals surface area (Å²) in [5.41, 5.74) is 0. The highest BCUT2D eigenvalue weighted by atomic mass is 16.5. The second-order valence-electron chi connectivity index (χ2n) is 3.45. The van der Waals surface area contributed by atoms with Crippen molar-refractivity contribution in [1.29, 1.82) is 0 Å². The first-order chi connectivity index (χ1) is 7.57. The molecule has 94 valence electrons. The van der Waals surface area contributed by atoms with Crippen molar-refractivity contribution < 1.29 is 19.4 Å². The van der Waals surface area contributed by atoms with Crippen molar-refractivity contribution in [3.05, 3.63) is 0 Å². The maximum absolute atomic E-state index is 11.3. The lowest BCUT2D eigenvalue weighted by atomic mass is 10.4. The smallest absolute Gasteiger partial charge is 0.323 e. The third-order valence-electron chi connectivity index (χ3n) is 1.81. The number of nitrogens with zero attached hydrogens (tertiary/aromatic N) is 1. The molecule has 0 aromatic rings. The summed E-state index contributed by atoms with van der Waals surface area (Å²) < 4.78 is 5.23. The van der Waals surface area contributed by atoms with Crippen molar-refractivity contribution in [2.75, 3.05) is 33.4 Å². The third-order valence-corrected chi connectivity index (χ3v) is 1.81. The Hall–Kier alpha value is -1.30. The molecule has 0 aliphatic carbocycles. The maximum atomic E-state index is 11.3. The Kier molecular flexibility index (Phi) is 8.24. The molecule has 0 aromatic heterocycles. The molecule has 0 atom stereocenters. The molecule has 0 aliphatic rings. The molecule has 0 aliphatic heterocycles. The Labute approximate surface area is 95.6 Å². The number of carbonyl (C=O) groups excluding carboxylic acids is 1. The first kappa shape index (κ1) is 14.7. The number of carbonyl (C=O) groups is 2. The van der Waals surface area contributed by atoms with Crippen molar-refractivity contribution in [1.82, 2.24) is 10.2 Å². The van der Waals surface area contributed by atoms with E-state index in [1.54, 1.807) is 0 Å². The van der Waals surface area contributed by atoms with Gasteiger partial charge in [-0.2, -0.15) is 0 Å². The summed E-state index contributed by atoms with van der Waals surface area (Å²) in [4.78, 5) is 22.7. The summed E-state index contributed by atoms with van der Waals surface area (Å²) in [5.74, 6) is -1.02. The molecule has 0 bridgehead atoms. The molecule has 0 fully saturated rings. The van der Waals surface area contributed by atoms with Crippen LogP contribution in [-0.2, 0) is 9.53 Å². The van der Waals surface area contributed by atoms with Crippen LogP contribution >= 0.6 is 0 Å². The first-order valence-electron chi connectivity index (χ1n) is 5.36. The van der Waals surface area contributed by atoms with Crippen molar-refractivity contribution in [2.24, 2.45) is 0 Å². The van der Waals surface area contributed by atoms with Crippen LogP contribution in [-0.4, -0.2) is 55.4 Å². The molecule has 0 radical (unpaired) electrons. The molecule has 0 saturated heterocycles. The molecule has 0 heterocycles. The van der Waals surface area contributed by atoms with Gasteiger partial charge in [-0.05, 0) is 12.8 Å². The second-order valence-corrected chi connectivity index (χ2v) is 3.45. The minimum absolute atomic E-state index is 0.293. The molecule has 16 heavy (non-hydrogen) atoms. The van der Waals surface area contributed by atoms with Crippen LogP contribution in [0.5, 0.6) is 0 Å². The lowest BCUT2D eigenvalue weighted by molar-refractivity contribution is -0.137. The van der Waals surface area contributed by atoms with E-state index in [1.807, 2.05) is 6.92 Å². The highest BCUT2D eigenvalue weighted by molar-refractivity contribution is 5.79. The van der Waals surface area contributed by atoms with Crippen LogP contribution in [0.3, 0.4) is 0 Å². The standard InChI is InChI=1S/C10H20N2O4/c1-3-6-16-7-4-5-11-10(15)12(2)8-9(13)14/h3-8H2,1-2H3,(H,11,15)(H,13,14). The van der Waals surface area contributed by atoms with Gasteiger partial charge in [-0.3, -0.25) is 4.79 Å². The molecule has 0 saturated carbocycles. The molecule has 2 amide bonds. The second kappa shape index (κ2) is 8.96. The summed E-state index contributed by atoms with van der Waals surface area (Å²) in [7, 11) is 1.44. The molecule has 0 spiro atoms. The molecule has 6 heteroatoms. The minimum Gasteiger partial charge on any atom is -0.480 e. The summed E-state index contributed by atoms with van der Waals surface area (Å²) in [5, 5.41) is 11.1. The van der Waals surface area contributed by atoms with Gasteiger partial charge in [0.15, 0.2) is 0 Å². The highest BCUT2D eigenvalue weighted by Crippen LogP contribution is 1.87. The van der Waals surface area contributed by atoms with E-state index < -0.39 is 5.97 Å². The lowest BCUT2D eigenvalue weighted by Gasteiger charge is -2.15. The van der Waals surface area contributed by atoms with Crippen LogP contribution in [0.1, 0.15) is 19.8 Å². The Morgan fingerprint density at radius 1 is 1.38 bits per heavy atom. The fourth-order valence-corrected chi connectivity index (χ4v) is 1.03. The van der Waals surface area contributed by atoms with E-state index in [1.165, 1.54) is 7.05 Å². The quantitative estimate of drug-likeness (QED) is 0.598. The van der Waals surface area contributed by atoms with E-state index in [0.29, 0.717) is 13.2 Å². The molecule has 2 N–H and O–H groups in total. The van der Waals surface area contributed by atoms with E-state index in [-0.39, 0.29) is 12.6 Å². The number of likely N-dealkylation sites (N-methyl/N-ethyl adjacent to an activating group) is 1. The van der Waals surface area contributed by atoms with Gasteiger partial charge in [-0.1, -0.05) is 6.92 Å². The molecule has 0 aromatic carbocycles. The van der Waals surface area contributed by atoms with Crippen molar-refractivity contribution in [2.45, 2.75) is 19.8 Å². The Morgan fingerprint density at radius 2 is 2.06 bits per heavy atom. The van der Waals surface area contributed by atoms with Gasteiger partial charge in [0, 0.05) is 26.8 Å². The number of ether oxygens (including phenoxy) is 1. The zero-order chi connectivity index (χ0) is 12.4. The third kappa shape index (κ3) is 8.05. The van der Waals surface area contributed by atoms with Crippen LogP contribution in [0, 0.1) is 0 Å². The minimum atomic E-state index is -1.02. The van der Waals surface area contributed by atoms with E-state index >= 15 is 0 Å². The van der Waals surface area contributed by atoms with Crippen LogP contribution in [0.2, 0.25) is 0 Å². The average molecular weight is 232 g/mol. The lowest BCUT2D eigenvalue weighted by Crippen LogP contribution is -2.40. The summed E-state index contributed by atoms with van der Waals surface area (Å²) >= 11 is 0. The normalized spacial score (nSPS) is 9.88. The van der Waals surface area contributed by atoms with Gasteiger partial charge in [0.25, 0.3) is 0 Å². The van der Waals surface area contributed by atoms with Crippen LogP contribution in [0.25, 0.3) is 0 Å². The number of amides is 2. The molecular weight excluding hydrogens is 212 g/mol. The molecule has 0 rings (SSSR count). The monoisotopic (exact) mass is 232 g/mol. The zero-order valence-corrected chi connectivity index (χ0v) is 9.86. The number of carboxylic acid groups (broad SMARTS) is 1. The SMILES string of the molecule is CCCOCCCNC(=O)N(C)CC(=O)O. The van der Waals surface area contributed by atoms with Crippen molar-refractivity contribution >= 4 is 12.0 Å². The van der Waals surface area contributed by atoms with Crippen molar-refractivity contribution in [3.8, 4) is 0 Å². The summed E-state index contributed by atoms with van der Waals surface area (Å²) in [6, 6.07) is -0.377. The van der Waals surface area contributed by atoms with Gasteiger partial charge in [0.2, 0.25) is 0 Å². The van der Waals surface area contributed by atoms with Crippen LogP contribution in [0.4, 0.5) is 4.79 Å². The Bertz CT molecular complexity index is 221. The predicted octanol–water partition coefficient (Wildman–Crippen LogP) is 0.529. The van der Waals surface area contributed by atoms with Gasteiger partial charge in [-0.25, -0.2) is 4.79 Å². The van der Waals surface area contributed by atoms with E-state index in [9.17, 15) is 9.59 Å². The van der Waals surface area contributed by atoms with E-state index in [2.05, 4.69) is 5.32 Å². The number of hydrogen-bond acceptors (Lipinski definition) is 3. The molecule has 0 unspecified atom stereocenters. The predicted molar refractivity (Wildman–Crippen MR) is 59.4 cm³/mol. The number of nitrogens with one attached hydrogen (secondary N) is 1. The van der Waals surface area contributed by atoms with Crippen molar-refractivity contribution in [3.63, 3.8) is 0 Å². The first-order valence-corrected chi connectivity index (χ1v) is 5.36. The number of urea groups is 1. The van der Waals surface area contributed by atoms with Gasteiger partial charge in [0.05, 0.1) is 0 Å². The fourth-order valence-electron chi connectivity index (χ4n) is 1.03. The van der Waals surface area contributed by atoms with Gasteiger partial charge >= 0.3 is 12.0 Å². The van der Waals surface area contributed by atoms with Gasteiger partial charge in [-0.15, -0.1) is 0 Å². The topological polar surface area (TPSA) is 78.9 Å². The number of carboxylic acids is 1. The summed E-state index contributed by atoms with van der Waals surface area (Å²) in [6.45, 7) is 3.57. The highest BCUT2D eigenvalue weighted by Gasteiger charge is 2.10. The van der Waals surface area contributed by atoms with Gasteiger partial charge in [0.1, 0.15) is 6.54 Å². The Balaban J connectivity index is 3.46. The van der Waals surface area contributed by atoms with Crippen LogP contribution < -0.4 is 5.32 Å². The van der Waals surface area contributed by atoms with Crippen LogP contribution in [0.15, 0.2) is 0 Å². The zero-order valence-electron chi connectivity index (χ0n) is 9.86. The molecule has 6 nitrogen and oxygen atoms in total. The fraction of sp³-hybridized carbons (Fsp3) is 0.800. The largest absolute Gasteiger partial charge is 0.480 e.